The molecule has 2 aromatic carbocycles. The predicted octanol–water partition coefficient (Wildman–Crippen LogP) is 3.95. The van der Waals surface area contributed by atoms with Crippen molar-refractivity contribution in [3.63, 3.8) is 0 Å². The van der Waals surface area contributed by atoms with E-state index in [4.69, 9.17) is 0 Å². The lowest BCUT2D eigenvalue weighted by Gasteiger charge is -2.34. The summed E-state index contributed by atoms with van der Waals surface area (Å²) in [5.41, 5.74) is 5.53. The van der Waals surface area contributed by atoms with Gasteiger partial charge in [-0.15, -0.1) is 0 Å². The summed E-state index contributed by atoms with van der Waals surface area (Å²) in [6, 6.07) is 15.1. The highest BCUT2D eigenvalue weighted by Gasteiger charge is 2.24. The lowest BCUT2D eigenvalue weighted by molar-refractivity contribution is -0.117. The first kappa shape index (κ1) is 26.7. The van der Waals surface area contributed by atoms with E-state index in [9.17, 15) is 14.4 Å². The molecule has 1 unspecified atom stereocenters. The van der Waals surface area contributed by atoms with Gasteiger partial charge in [-0.2, -0.15) is 0 Å². The van der Waals surface area contributed by atoms with Crippen LogP contribution in [0.1, 0.15) is 28.8 Å². The zero-order chi connectivity index (χ0) is 27.4. The summed E-state index contributed by atoms with van der Waals surface area (Å²) >= 11 is 0. The van der Waals surface area contributed by atoms with Crippen LogP contribution in [0.25, 0.3) is 11.1 Å². The summed E-state index contributed by atoms with van der Waals surface area (Å²) in [4.78, 5) is 41.9. The van der Waals surface area contributed by atoms with E-state index in [1.165, 1.54) is 6.08 Å². The van der Waals surface area contributed by atoms with E-state index >= 15 is 0 Å². The topological polar surface area (TPSA) is 86.7 Å². The van der Waals surface area contributed by atoms with Crippen LogP contribution < -0.4 is 26.0 Å². The molecule has 1 aromatic heterocycles. The van der Waals surface area contributed by atoms with E-state index in [1.807, 2.05) is 85.5 Å². The van der Waals surface area contributed by atoms with Crippen LogP contribution in [0.5, 0.6) is 0 Å². The van der Waals surface area contributed by atoms with Crippen LogP contribution in [0.4, 0.5) is 17.1 Å². The number of pyridine rings is 1. The second-order valence-electron chi connectivity index (χ2n) is 9.90. The van der Waals surface area contributed by atoms with Crippen LogP contribution in [0, 0.1) is 6.92 Å². The Kier molecular flexibility index (Phi) is 8.00. The molecule has 198 valence electrons. The molecule has 1 aliphatic heterocycles. The first-order valence-corrected chi connectivity index (χ1v) is 12.7. The summed E-state index contributed by atoms with van der Waals surface area (Å²) in [5.74, 6) is -0.390. The average Bonchev–Trinajstić information content (AvgIpc) is 2.91. The molecule has 1 fully saturated rings. The quantitative estimate of drug-likeness (QED) is 0.467. The van der Waals surface area contributed by atoms with E-state index in [0.717, 1.165) is 41.8 Å². The molecule has 0 bridgehead atoms. The van der Waals surface area contributed by atoms with Crippen molar-refractivity contribution in [2.45, 2.75) is 25.8 Å². The molecule has 0 radical (unpaired) electrons. The van der Waals surface area contributed by atoms with Crippen molar-refractivity contribution in [1.82, 2.24) is 9.88 Å². The molecular formula is C30H35N5O3. The Bertz CT molecular complexity index is 1410. The maximum absolute atomic E-state index is 13.1. The second kappa shape index (κ2) is 11.4. The molecular weight excluding hydrogens is 478 g/mol. The van der Waals surface area contributed by atoms with E-state index in [2.05, 4.69) is 17.2 Å². The number of anilines is 3. The van der Waals surface area contributed by atoms with Crippen LogP contribution in [-0.4, -0.2) is 49.6 Å². The van der Waals surface area contributed by atoms with Crippen molar-refractivity contribution in [1.29, 1.82) is 0 Å². The van der Waals surface area contributed by atoms with Crippen molar-refractivity contribution in [2.24, 2.45) is 7.05 Å². The van der Waals surface area contributed by atoms with Crippen LogP contribution in [0.2, 0.25) is 0 Å². The second-order valence-corrected chi connectivity index (χ2v) is 9.90. The summed E-state index contributed by atoms with van der Waals surface area (Å²) < 4.78 is 1.59. The number of rotatable bonds is 7. The summed E-state index contributed by atoms with van der Waals surface area (Å²) in [5, 5.41) is 5.99. The van der Waals surface area contributed by atoms with E-state index in [-0.39, 0.29) is 23.4 Å². The molecule has 0 aliphatic carbocycles. The molecule has 0 spiro atoms. The number of amides is 2. The molecule has 2 heterocycles. The molecule has 4 rings (SSSR count). The Morgan fingerprint density at radius 3 is 2.55 bits per heavy atom. The number of hydrogen-bond donors (Lipinski definition) is 2. The zero-order valence-corrected chi connectivity index (χ0v) is 22.5. The van der Waals surface area contributed by atoms with Crippen molar-refractivity contribution in [3.8, 4) is 11.1 Å². The predicted molar refractivity (Wildman–Crippen MR) is 154 cm³/mol. The number of nitrogens with one attached hydrogen (secondary N) is 2. The minimum Gasteiger partial charge on any atom is -0.378 e. The maximum atomic E-state index is 13.1. The van der Waals surface area contributed by atoms with Gasteiger partial charge in [-0.25, -0.2) is 0 Å². The highest BCUT2D eigenvalue weighted by molar-refractivity contribution is 6.05. The number of benzene rings is 2. The van der Waals surface area contributed by atoms with Gasteiger partial charge in [0.05, 0.1) is 0 Å². The fourth-order valence-electron chi connectivity index (χ4n) is 4.83. The molecule has 1 atom stereocenters. The van der Waals surface area contributed by atoms with Gasteiger partial charge < -0.3 is 25.0 Å². The van der Waals surface area contributed by atoms with E-state index < -0.39 is 0 Å². The van der Waals surface area contributed by atoms with Gasteiger partial charge in [0.1, 0.15) is 5.69 Å². The summed E-state index contributed by atoms with van der Waals surface area (Å²) in [6.45, 7) is 6.78. The molecule has 0 saturated carbocycles. The van der Waals surface area contributed by atoms with Gasteiger partial charge in [-0.3, -0.25) is 14.4 Å². The molecule has 1 saturated heterocycles. The monoisotopic (exact) mass is 513 g/mol. The van der Waals surface area contributed by atoms with Gasteiger partial charge in [-0.1, -0.05) is 18.7 Å². The largest absolute Gasteiger partial charge is 0.378 e. The zero-order valence-electron chi connectivity index (χ0n) is 22.5. The lowest BCUT2D eigenvalue weighted by Crippen LogP contribution is -2.48. The smallest absolute Gasteiger partial charge is 0.273 e. The van der Waals surface area contributed by atoms with Crippen molar-refractivity contribution >= 4 is 28.9 Å². The number of carbonyl (C=O) groups excluding carboxylic acids is 2. The highest BCUT2D eigenvalue weighted by Crippen LogP contribution is 2.31. The molecule has 38 heavy (non-hydrogen) atoms. The Balaban J connectivity index is 1.61. The third-order valence-electron chi connectivity index (χ3n) is 7.00. The number of hydrogen-bond acceptors (Lipinski definition) is 5. The first-order valence-electron chi connectivity index (χ1n) is 12.7. The molecule has 3 aromatic rings. The first-order chi connectivity index (χ1) is 18.2. The normalized spacial score (nSPS) is 15.1. The van der Waals surface area contributed by atoms with Crippen molar-refractivity contribution in [2.75, 3.05) is 42.3 Å². The number of aromatic nitrogens is 1. The van der Waals surface area contributed by atoms with E-state index in [0.29, 0.717) is 23.5 Å². The number of carbonyl (C=O) groups is 2. The molecule has 8 heteroatoms. The van der Waals surface area contributed by atoms with Gasteiger partial charge in [0.25, 0.3) is 11.5 Å². The Morgan fingerprint density at radius 1 is 1.13 bits per heavy atom. The molecule has 8 nitrogen and oxygen atoms in total. The third kappa shape index (κ3) is 5.80. The number of piperidine rings is 1. The van der Waals surface area contributed by atoms with Gasteiger partial charge in [0.15, 0.2) is 0 Å². The number of nitrogens with zero attached hydrogens (tertiary/aromatic N) is 3. The van der Waals surface area contributed by atoms with Crippen LogP contribution in [0.3, 0.4) is 0 Å². The fourth-order valence-corrected chi connectivity index (χ4v) is 4.83. The van der Waals surface area contributed by atoms with Gasteiger partial charge in [0, 0.05) is 69.0 Å². The molecule has 2 amide bonds. The van der Waals surface area contributed by atoms with Gasteiger partial charge in [-0.05, 0) is 73.4 Å². The minimum atomic E-state index is -0.207. The van der Waals surface area contributed by atoms with E-state index in [1.54, 1.807) is 11.6 Å². The van der Waals surface area contributed by atoms with Crippen LogP contribution in [-0.2, 0) is 11.8 Å². The van der Waals surface area contributed by atoms with Crippen LogP contribution >= 0.6 is 0 Å². The minimum absolute atomic E-state index is 0.0466. The Morgan fingerprint density at radius 2 is 1.87 bits per heavy atom. The Hall–Kier alpha value is -4.33. The standard InChI is InChI=1S/C30H35N5O3/c1-6-28(36)31-23-9-8-16-35(19-23)27-17-22(18-34(5)30(27)38)25-10-7-11-26(20(25)2)32-29(37)21-12-14-24(15-13-21)33(3)4/h6-7,10-15,17-18,23H,1,8-9,16,19H2,2-5H3,(H,31,36)(H,32,37). The maximum Gasteiger partial charge on any atom is 0.273 e. The molecule has 2 N–H and O–H groups in total. The summed E-state index contributed by atoms with van der Waals surface area (Å²) in [6.07, 6.45) is 4.81. The highest BCUT2D eigenvalue weighted by atomic mass is 16.2. The Labute approximate surface area is 223 Å². The van der Waals surface area contributed by atoms with Gasteiger partial charge in [0.2, 0.25) is 5.91 Å². The van der Waals surface area contributed by atoms with Gasteiger partial charge >= 0.3 is 0 Å². The third-order valence-corrected chi connectivity index (χ3v) is 7.00. The fraction of sp³-hybridized carbons (Fsp3) is 0.300. The lowest BCUT2D eigenvalue weighted by atomic mass is 9.99. The summed E-state index contributed by atoms with van der Waals surface area (Å²) in [7, 11) is 5.66. The van der Waals surface area contributed by atoms with Crippen molar-refractivity contribution in [3.05, 3.63) is 88.9 Å². The number of aryl methyl sites for hydroxylation is 1. The van der Waals surface area contributed by atoms with Crippen LogP contribution in [0.15, 0.2) is 72.2 Å². The SMILES string of the molecule is C=CC(=O)NC1CCCN(c2cc(-c3cccc(NC(=O)c4ccc(N(C)C)cc4)c3C)cn(C)c2=O)C1. The molecule has 1 aliphatic rings. The average molecular weight is 514 g/mol. The van der Waals surface area contributed by atoms with Crippen molar-refractivity contribution < 1.29 is 9.59 Å².